The monoisotopic (exact) mass is 242 g/mol. The summed E-state index contributed by atoms with van der Waals surface area (Å²) in [5.41, 5.74) is 0.718. The lowest BCUT2D eigenvalue weighted by Crippen LogP contribution is -2.27. The first-order chi connectivity index (χ1) is 6.31. The van der Waals surface area contributed by atoms with Crippen LogP contribution in [0, 0.1) is 4.91 Å². The SMILES string of the molecule is O=NN1CCOc2ccc(Br)cc21. The van der Waals surface area contributed by atoms with E-state index >= 15 is 0 Å². The molecule has 1 aliphatic rings. The first-order valence-electron chi connectivity index (χ1n) is 3.84. The van der Waals surface area contributed by atoms with Crippen molar-refractivity contribution in [2.45, 2.75) is 0 Å². The van der Waals surface area contributed by atoms with Gasteiger partial charge in [-0.25, -0.2) is 5.01 Å². The van der Waals surface area contributed by atoms with Crippen LogP contribution in [0.3, 0.4) is 0 Å². The molecule has 0 saturated heterocycles. The molecular weight excluding hydrogens is 236 g/mol. The molecule has 1 heterocycles. The van der Waals surface area contributed by atoms with Crippen LogP contribution < -0.4 is 9.75 Å². The predicted octanol–water partition coefficient (Wildman–Crippen LogP) is 2.33. The van der Waals surface area contributed by atoms with Gasteiger partial charge in [0.25, 0.3) is 0 Å². The van der Waals surface area contributed by atoms with E-state index in [0.717, 1.165) is 10.2 Å². The van der Waals surface area contributed by atoms with E-state index in [-0.39, 0.29) is 0 Å². The largest absolute Gasteiger partial charge is 0.489 e. The highest BCUT2D eigenvalue weighted by atomic mass is 79.9. The lowest BCUT2D eigenvalue weighted by molar-refractivity contribution is 0.308. The van der Waals surface area contributed by atoms with Gasteiger partial charge >= 0.3 is 0 Å². The zero-order chi connectivity index (χ0) is 9.26. The van der Waals surface area contributed by atoms with Crippen molar-refractivity contribution in [3.05, 3.63) is 27.6 Å². The first kappa shape index (κ1) is 8.50. The summed E-state index contributed by atoms with van der Waals surface area (Å²) in [6.45, 7) is 1.01. The quantitative estimate of drug-likeness (QED) is 0.711. The molecule has 0 fully saturated rings. The third kappa shape index (κ3) is 1.51. The van der Waals surface area contributed by atoms with Crippen LogP contribution >= 0.6 is 15.9 Å². The second kappa shape index (κ2) is 3.33. The number of hydrogen-bond donors (Lipinski definition) is 0. The molecule has 0 radical (unpaired) electrons. The minimum atomic E-state index is 0.500. The number of rotatable bonds is 1. The molecule has 0 aliphatic carbocycles. The minimum absolute atomic E-state index is 0.500. The summed E-state index contributed by atoms with van der Waals surface area (Å²) in [6.07, 6.45) is 0. The summed E-state index contributed by atoms with van der Waals surface area (Å²) >= 11 is 3.32. The van der Waals surface area contributed by atoms with Gasteiger partial charge in [0.05, 0.1) is 11.8 Å². The van der Waals surface area contributed by atoms with Gasteiger partial charge in [0, 0.05) is 4.47 Å². The molecule has 0 bridgehead atoms. The maximum absolute atomic E-state index is 10.4. The molecule has 0 N–H and O–H groups in total. The van der Waals surface area contributed by atoms with Crippen LogP contribution in [0.25, 0.3) is 0 Å². The normalized spacial score (nSPS) is 14.7. The number of hydrogen-bond acceptors (Lipinski definition) is 3. The maximum atomic E-state index is 10.4. The molecule has 0 saturated carbocycles. The molecule has 5 heteroatoms. The van der Waals surface area contributed by atoms with Gasteiger partial charge in [-0.1, -0.05) is 15.9 Å². The lowest BCUT2D eigenvalue weighted by atomic mass is 10.2. The molecule has 2 rings (SSSR count). The Balaban J connectivity index is 2.47. The maximum Gasteiger partial charge on any atom is 0.144 e. The van der Waals surface area contributed by atoms with Gasteiger partial charge in [0.1, 0.15) is 18.0 Å². The molecule has 0 amide bonds. The zero-order valence-electron chi connectivity index (χ0n) is 6.74. The molecule has 4 nitrogen and oxygen atoms in total. The van der Waals surface area contributed by atoms with E-state index in [0.29, 0.717) is 18.9 Å². The summed E-state index contributed by atoms with van der Waals surface area (Å²) in [6, 6.07) is 5.50. The van der Waals surface area contributed by atoms with Gasteiger partial charge in [-0.2, -0.15) is 0 Å². The highest BCUT2D eigenvalue weighted by molar-refractivity contribution is 9.10. The summed E-state index contributed by atoms with van der Waals surface area (Å²) < 4.78 is 6.26. The third-order valence-electron chi connectivity index (χ3n) is 1.86. The number of nitroso groups, excluding NO2 is 1. The highest BCUT2D eigenvalue weighted by Crippen LogP contribution is 2.33. The van der Waals surface area contributed by atoms with Crippen molar-refractivity contribution >= 4 is 21.6 Å². The second-order valence-corrected chi connectivity index (χ2v) is 3.58. The summed E-state index contributed by atoms with van der Waals surface area (Å²) in [4.78, 5) is 10.4. The fourth-order valence-corrected chi connectivity index (χ4v) is 1.61. The summed E-state index contributed by atoms with van der Waals surface area (Å²) in [5.74, 6) is 0.703. The second-order valence-electron chi connectivity index (χ2n) is 2.67. The Hall–Kier alpha value is -1.10. The van der Waals surface area contributed by atoms with Crippen LogP contribution in [0.2, 0.25) is 0 Å². The highest BCUT2D eigenvalue weighted by Gasteiger charge is 2.18. The molecular formula is C8H7BrN2O2. The van der Waals surface area contributed by atoms with Crippen molar-refractivity contribution in [1.82, 2.24) is 0 Å². The number of nitrogens with zero attached hydrogens (tertiary/aromatic N) is 2. The Morgan fingerprint density at radius 3 is 3.15 bits per heavy atom. The summed E-state index contributed by atoms with van der Waals surface area (Å²) in [7, 11) is 0. The van der Waals surface area contributed by atoms with Crippen LogP contribution in [-0.4, -0.2) is 13.2 Å². The standard InChI is InChI=1S/C8H7BrN2O2/c9-6-1-2-8-7(5-6)11(10-12)3-4-13-8/h1-2,5H,3-4H2. The van der Waals surface area contributed by atoms with Gasteiger partial charge in [-0.3, -0.25) is 0 Å². The van der Waals surface area contributed by atoms with Crippen molar-refractivity contribution < 1.29 is 4.74 Å². The van der Waals surface area contributed by atoms with Gasteiger partial charge in [-0.05, 0) is 18.2 Å². The van der Waals surface area contributed by atoms with E-state index in [9.17, 15) is 4.91 Å². The van der Waals surface area contributed by atoms with Crippen molar-refractivity contribution in [3.63, 3.8) is 0 Å². The van der Waals surface area contributed by atoms with Gasteiger partial charge in [0.15, 0.2) is 0 Å². The van der Waals surface area contributed by atoms with E-state index in [2.05, 4.69) is 21.2 Å². The van der Waals surface area contributed by atoms with Crippen LogP contribution in [0.1, 0.15) is 0 Å². The number of ether oxygens (including phenoxy) is 1. The van der Waals surface area contributed by atoms with E-state index < -0.39 is 0 Å². The number of fused-ring (bicyclic) bond motifs is 1. The molecule has 13 heavy (non-hydrogen) atoms. The van der Waals surface area contributed by atoms with E-state index in [4.69, 9.17) is 4.74 Å². The van der Waals surface area contributed by atoms with Crippen molar-refractivity contribution in [2.24, 2.45) is 5.29 Å². The predicted molar refractivity (Wildman–Crippen MR) is 52.8 cm³/mol. The first-order valence-corrected chi connectivity index (χ1v) is 4.64. The fraction of sp³-hybridized carbons (Fsp3) is 0.250. The molecule has 68 valence electrons. The molecule has 0 aromatic heterocycles. The number of benzene rings is 1. The molecule has 1 aromatic rings. The molecule has 0 spiro atoms. The fourth-order valence-electron chi connectivity index (χ4n) is 1.26. The van der Waals surface area contributed by atoms with Crippen molar-refractivity contribution in [2.75, 3.05) is 18.2 Å². The van der Waals surface area contributed by atoms with Crippen LogP contribution in [0.15, 0.2) is 28.0 Å². The third-order valence-corrected chi connectivity index (χ3v) is 2.35. The van der Waals surface area contributed by atoms with E-state index in [1.54, 1.807) is 0 Å². The summed E-state index contributed by atoms with van der Waals surface area (Å²) in [5, 5.41) is 4.30. The Morgan fingerprint density at radius 2 is 2.38 bits per heavy atom. The Kier molecular flexibility index (Phi) is 2.18. The van der Waals surface area contributed by atoms with Crippen LogP contribution in [-0.2, 0) is 0 Å². The van der Waals surface area contributed by atoms with Crippen molar-refractivity contribution in [3.8, 4) is 5.75 Å². The zero-order valence-corrected chi connectivity index (χ0v) is 8.32. The number of anilines is 1. The van der Waals surface area contributed by atoms with Gasteiger partial charge in [-0.15, -0.1) is 4.91 Å². The molecule has 0 unspecified atom stereocenters. The lowest BCUT2D eigenvalue weighted by Gasteiger charge is -2.24. The van der Waals surface area contributed by atoms with E-state index in [1.165, 1.54) is 5.01 Å². The van der Waals surface area contributed by atoms with Crippen LogP contribution in [0.5, 0.6) is 5.75 Å². The van der Waals surface area contributed by atoms with Gasteiger partial charge < -0.3 is 4.74 Å². The Morgan fingerprint density at radius 1 is 1.54 bits per heavy atom. The molecule has 1 aliphatic heterocycles. The minimum Gasteiger partial charge on any atom is -0.489 e. The molecule has 0 atom stereocenters. The van der Waals surface area contributed by atoms with Crippen molar-refractivity contribution in [1.29, 1.82) is 0 Å². The average Bonchev–Trinajstić information content (AvgIpc) is 2.17. The Labute approximate surface area is 83.6 Å². The Bertz CT molecular complexity index is 343. The smallest absolute Gasteiger partial charge is 0.144 e. The van der Waals surface area contributed by atoms with E-state index in [1.807, 2.05) is 18.2 Å². The van der Waals surface area contributed by atoms with Gasteiger partial charge in [0.2, 0.25) is 0 Å². The average molecular weight is 243 g/mol. The molecule has 1 aromatic carbocycles. The topological polar surface area (TPSA) is 41.9 Å². The van der Waals surface area contributed by atoms with Crippen LogP contribution in [0.4, 0.5) is 5.69 Å². The number of halogens is 1.